The van der Waals surface area contributed by atoms with E-state index in [0.29, 0.717) is 13.0 Å². The number of carbonyl (C=O) groups is 1. The van der Waals surface area contributed by atoms with Gasteiger partial charge in [-0.05, 0) is 47.0 Å². The Morgan fingerprint density at radius 3 is 2.92 bits per heavy atom. The van der Waals surface area contributed by atoms with Crippen LogP contribution in [0.5, 0.6) is 0 Å². The van der Waals surface area contributed by atoms with Crippen LogP contribution in [-0.2, 0) is 16.8 Å². The highest BCUT2D eigenvalue weighted by Gasteiger charge is 2.30. The molecule has 0 spiro atoms. The Morgan fingerprint density at radius 1 is 1.58 bits per heavy atom. The molecule has 24 heavy (non-hydrogen) atoms. The summed E-state index contributed by atoms with van der Waals surface area (Å²) in [5, 5.41) is 16.7. The molecule has 0 fully saturated rings. The monoisotopic (exact) mass is 331 g/mol. The summed E-state index contributed by atoms with van der Waals surface area (Å²) in [5.74, 6) is 0.0283. The highest BCUT2D eigenvalue weighted by molar-refractivity contribution is 5.81. The van der Waals surface area contributed by atoms with Crippen LogP contribution in [0.25, 0.3) is 0 Å². The normalized spacial score (nSPS) is 18.6. The van der Waals surface area contributed by atoms with Crippen molar-refractivity contribution in [2.24, 2.45) is 0 Å². The average Bonchev–Trinajstić information content (AvgIpc) is 2.97. The molecule has 1 amide bonds. The van der Waals surface area contributed by atoms with Crippen molar-refractivity contribution in [2.45, 2.75) is 71.0 Å². The molecule has 0 unspecified atom stereocenters. The molecule has 6 nitrogen and oxygen atoms in total. The van der Waals surface area contributed by atoms with E-state index in [1.54, 1.807) is 11.9 Å². The molecule has 0 saturated heterocycles. The molecule has 0 bridgehead atoms. The van der Waals surface area contributed by atoms with Gasteiger partial charge in [0.25, 0.3) is 0 Å². The second kappa shape index (κ2) is 7.35. The summed E-state index contributed by atoms with van der Waals surface area (Å²) in [6.45, 7) is 8.85. The standard InChI is InChI=1S/C18H29N5O/c1-13(17(24)22(5)11-7-10-19)21-15-8-6-9-16-14(15)12-20-23(16)18(2,3)4/h12-13,15,21H,6-9,11H2,1-5H3/t13-,15-/m0/s1. The molecular formula is C18H29N5O. The second-order valence-corrected chi connectivity index (χ2v) is 7.63. The number of nitriles is 1. The number of hydrogen-bond acceptors (Lipinski definition) is 4. The van der Waals surface area contributed by atoms with E-state index in [4.69, 9.17) is 5.26 Å². The molecule has 1 N–H and O–H groups in total. The largest absolute Gasteiger partial charge is 0.343 e. The van der Waals surface area contributed by atoms with Gasteiger partial charge < -0.3 is 4.90 Å². The molecule has 1 aromatic rings. The number of aromatic nitrogens is 2. The van der Waals surface area contributed by atoms with Gasteiger partial charge in [0.2, 0.25) is 5.91 Å². The number of likely N-dealkylation sites (N-methyl/N-ethyl adjacent to an activating group) is 1. The van der Waals surface area contributed by atoms with Gasteiger partial charge in [0.05, 0.1) is 30.3 Å². The molecule has 0 saturated carbocycles. The lowest BCUT2D eigenvalue weighted by atomic mass is 9.91. The van der Waals surface area contributed by atoms with Crippen molar-refractivity contribution in [3.8, 4) is 6.07 Å². The van der Waals surface area contributed by atoms with Crippen LogP contribution in [0.2, 0.25) is 0 Å². The van der Waals surface area contributed by atoms with Crippen LogP contribution in [0.4, 0.5) is 0 Å². The average molecular weight is 331 g/mol. The van der Waals surface area contributed by atoms with Crippen molar-refractivity contribution < 1.29 is 4.79 Å². The molecule has 0 aliphatic heterocycles. The van der Waals surface area contributed by atoms with E-state index in [1.165, 1.54) is 11.3 Å². The molecule has 1 aliphatic rings. The predicted molar refractivity (Wildman–Crippen MR) is 93.4 cm³/mol. The van der Waals surface area contributed by atoms with E-state index >= 15 is 0 Å². The third kappa shape index (κ3) is 3.96. The Morgan fingerprint density at radius 2 is 2.29 bits per heavy atom. The zero-order valence-electron chi connectivity index (χ0n) is 15.5. The zero-order chi connectivity index (χ0) is 17.9. The zero-order valence-corrected chi connectivity index (χ0v) is 15.5. The van der Waals surface area contributed by atoms with Gasteiger partial charge in [-0.2, -0.15) is 10.4 Å². The highest BCUT2D eigenvalue weighted by atomic mass is 16.2. The van der Waals surface area contributed by atoms with Crippen LogP contribution in [-0.4, -0.2) is 40.2 Å². The number of rotatable bonds is 5. The van der Waals surface area contributed by atoms with Gasteiger partial charge in [-0.1, -0.05) is 0 Å². The van der Waals surface area contributed by atoms with Crippen LogP contribution < -0.4 is 5.32 Å². The summed E-state index contributed by atoms with van der Waals surface area (Å²) < 4.78 is 2.11. The Kier molecular flexibility index (Phi) is 5.66. The van der Waals surface area contributed by atoms with Gasteiger partial charge in [-0.15, -0.1) is 0 Å². The smallest absolute Gasteiger partial charge is 0.239 e. The number of nitrogens with one attached hydrogen (secondary N) is 1. The SMILES string of the molecule is C[C@H](N[C@H]1CCCc2c1cnn2C(C)(C)C)C(=O)N(C)CCC#N. The first kappa shape index (κ1) is 18.5. The minimum atomic E-state index is -0.275. The Hall–Kier alpha value is -1.87. The van der Waals surface area contributed by atoms with E-state index in [1.807, 2.05) is 13.1 Å². The fraction of sp³-hybridized carbons (Fsp3) is 0.722. The number of hydrogen-bond donors (Lipinski definition) is 1. The van der Waals surface area contributed by atoms with E-state index in [0.717, 1.165) is 19.3 Å². The van der Waals surface area contributed by atoms with Gasteiger partial charge in [0.1, 0.15) is 0 Å². The maximum Gasteiger partial charge on any atom is 0.239 e. The third-order valence-electron chi connectivity index (χ3n) is 4.58. The maximum atomic E-state index is 12.4. The number of amides is 1. The molecule has 0 aromatic carbocycles. The van der Waals surface area contributed by atoms with E-state index in [-0.39, 0.29) is 23.5 Å². The third-order valence-corrected chi connectivity index (χ3v) is 4.58. The molecular weight excluding hydrogens is 302 g/mol. The molecule has 1 aromatic heterocycles. The lowest BCUT2D eigenvalue weighted by Crippen LogP contribution is -2.45. The first-order valence-electron chi connectivity index (χ1n) is 8.71. The van der Waals surface area contributed by atoms with Crippen molar-refractivity contribution in [1.82, 2.24) is 20.0 Å². The van der Waals surface area contributed by atoms with E-state index in [2.05, 4.69) is 41.9 Å². The molecule has 6 heteroatoms. The Labute approximate surface area is 144 Å². The van der Waals surface area contributed by atoms with Gasteiger partial charge in [0, 0.05) is 30.9 Å². The fourth-order valence-electron chi connectivity index (χ4n) is 3.34. The molecule has 1 heterocycles. The fourth-order valence-corrected chi connectivity index (χ4v) is 3.34. The van der Waals surface area contributed by atoms with Crippen LogP contribution in [0.1, 0.15) is 64.3 Å². The van der Waals surface area contributed by atoms with Gasteiger partial charge in [0.15, 0.2) is 0 Å². The summed E-state index contributed by atoms with van der Waals surface area (Å²) in [7, 11) is 1.75. The Balaban J connectivity index is 2.09. The van der Waals surface area contributed by atoms with Crippen molar-refractivity contribution in [3.63, 3.8) is 0 Å². The summed E-state index contributed by atoms with van der Waals surface area (Å²) in [4.78, 5) is 14.1. The topological polar surface area (TPSA) is 74.0 Å². The van der Waals surface area contributed by atoms with E-state index < -0.39 is 0 Å². The summed E-state index contributed by atoms with van der Waals surface area (Å²) >= 11 is 0. The number of nitrogens with zero attached hydrogens (tertiary/aromatic N) is 4. The minimum absolute atomic E-state index is 0.0283. The highest BCUT2D eigenvalue weighted by Crippen LogP contribution is 2.32. The van der Waals surface area contributed by atoms with Crippen LogP contribution >= 0.6 is 0 Å². The molecule has 1 aliphatic carbocycles. The predicted octanol–water partition coefficient (Wildman–Crippen LogP) is 2.37. The Bertz CT molecular complexity index is 622. The van der Waals surface area contributed by atoms with Crippen molar-refractivity contribution in [3.05, 3.63) is 17.5 Å². The van der Waals surface area contributed by atoms with Crippen molar-refractivity contribution >= 4 is 5.91 Å². The number of fused-ring (bicyclic) bond motifs is 1. The lowest BCUT2D eigenvalue weighted by Gasteiger charge is -2.30. The minimum Gasteiger partial charge on any atom is -0.343 e. The van der Waals surface area contributed by atoms with Gasteiger partial charge >= 0.3 is 0 Å². The molecule has 2 atom stereocenters. The number of carbonyl (C=O) groups excluding carboxylic acids is 1. The molecule has 2 rings (SSSR count). The van der Waals surface area contributed by atoms with Crippen molar-refractivity contribution in [1.29, 1.82) is 5.26 Å². The first-order valence-corrected chi connectivity index (χ1v) is 8.71. The van der Waals surface area contributed by atoms with Crippen LogP contribution in [0, 0.1) is 11.3 Å². The first-order chi connectivity index (χ1) is 11.3. The van der Waals surface area contributed by atoms with Gasteiger partial charge in [-0.25, -0.2) is 0 Å². The van der Waals surface area contributed by atoms with Gasteiger partial charge in [-0.3, -0.25) is 14.8 Å². The van der Waals surface area contributed by atoms with Crippen molar-refractivity contribution in [2.75, 3.05) is 13.6 Å². The maximum absolute atomic E-state index is 12.4. The van der Waals surface area contributed by atoms with Crippen LogP contribution in [0.15, 0.2) is 6.20 Å². The summed E-state index contributed by atoms with van der Waals surface area (Å²) in [5.41, 5.74) is 2.47. The second-order valence-electron chi connectivity index (χ2n) is 7.63. The summed E-state index contributed by atoms with van der Waals surface area (Å²) in [6, 6.07) is 1.96. The summed E-state index contributed by atoms with van der Waals surface area (Å²) in [6.07, 6.45) is 5.46. The van der Waals surface area contributed by atoms with E-state index in [9.17, 15) is 4.79 Å². The molecule has 0 radical (unpaired) electrons. The lowest BCUT2D eigenvalue weighted by molar-refractivity contribution is -0.131. The quantitative estimate of drug-likeness (QED) is 0.899. The van der Waals surface area contributed by atoms with Crippen LogP contribution in [0.3, 0.4) is 0 Å². The molecule has 132 valence electrons.